The van der Waals surface area contributed by atoms with Gasteiger partial charge in [0.25, 0.3) is 5.89 Å². The lowest BCUT2D eigenvalue weighted by atomic mass is 10.1. The molecule has 0 aliphatic heterocycles. The van der Waals surface area contributed by atoms with E-state index in [2.05, 4.69) is 29.3 Å². The van der Waals surface area contributed by atoms with Crippen molar-refractivity contribution in [2.75, 3.05) is 6.54 Å². The molecule has 2 aromatic rings. The molecule has 5 nitrogen and oxygen atoms in total. The van der Waals surface area contributed by atoms with Gasteiger partial charge >= 0.3 is 0 Å². The van der Waals surface area contributed by atoms with Crippen LogP contribution in [0.1, 0.15) is 31.1 Å². The molecule has 0 spiro atoms. The Morgan fingerprint density at radius 2 is 2.19 bits per heavy atom. The van der Waals surface area contributed by atoms with Crippen LogP contribution >= 0.6 is 11.6 Å². The van der Waals surface area contributed by atoms with Crippen LogP contribution in [-0.4, -0.2) is 16.7 Å². The molecule has 1 N–H and O–H groups in total. The minimum absolute atomic E-state index is 0.234. The summed E-state index contributed by atoms with van der Waals surface area (Å²) in [5, 5.41) is 7.79. The van der Waals surface area contributed by atoms with Gasteiger partial charge in [-0.15, -0.1) is 0 Å². The van der Waals surface area contributed by atoms with E-state index in [4.69, 9.17) is 20.9 Å². The number of aryl methyl sites for hydroxylation is 1. The van der Waals surface area contributed by atoms with E-state index in [9.17, 15) is 0 Å². The van der Waals surface area contributed by atoms with Crippen LogP contribution in [0.4, 0.5) is 0 Å². The van der Waals surface area contributed by atoms with Crippen molar-refractivity contribution in [3.8, 4) is 5.75 Å². The molecular weight excluding hydrogens is 290 g/mol. The van der Waals surface area contributed by atoms with Gasteiger partial charge in [0.05, 0.1) is 0 Å². The zero-order chi connectivity index (χ0) is 15.2. The normalized spacial score (nSPS) is 11.1. The molecule has 0 aliphatic carbocycles. The van der Waals surface area contributed by atoms with E-state index in [0.29, 0.717) is 29.2 Å². The lowest BCUT2D eigenvalue weighted by Crippen LogP contribution is -2.19. The minimum Gasteiger partial charge on any atom is -0.483 e. The average Bonchev–Trinajstić information content (AvgIpc) is 2.84. The Morgan fingerprint density at radius 3 is 2.86 bits per heavy atom. The Hall–Kier alpha value is -1.59. The van der Waals surface area contributed by atoms with Crippen molar-refractivity contribution in [2.45, 2.75) is 33.9 Å². The molecule has 0 saturated heterocycles. The van der Waals surface area contributed by atoms with Crippen LogP contribution in [0.2, 0.25) is 5.02 Å². The summed E-state index contributed by atoms with van der Waals surface area (Å²) in [7, 11) is 0. The van der Waals surface area contributed by atoms with Gasteiger partial charge in [0.2, 0.25) is 0 Å². The smallest absolute Gasteiger partial charge is 0.264 e. The third-order valence-corrected chi connectivity index (χ3v) is 3.21. The summed E-state index contributed by atoms with van der Waals surface area (Å²) >= 11 is 6.26. The number of benzene rings is 1. The van der Waals surface area contributed by atoms with E-state index in [-0.39, 0.29) is 6.61 Å². The second kappa shape index (κ2) is 7.43. The zero-order valence-electron chi connectivity index (χ0n) is 12.5. The fourth-order valence-corrected chi connectivity index (χ4v) is 2.10. The number of nitrogens with zero attached hydrogens (tertiary/aromatic N) is 2. The maximum atomic E-state index is 6.26. The molecule has 6 heteroatoms. The van der Waals surface area contributed by atoms with E-state index >= 15 is 0 Å². The van der Waals surface area contributed by atoms with E-state index in [1.54, 1.807) is 6.92 Å². The quantitative estimate of drug-likeness (QED) is 0.850. The van der Waals surface area contributed by atoms with Gasteiger partial charge in [-0.2, -0.15) is 4.98 Å². The predicted molar refractivity (Wildman–Crippen MR) is 81.4 cm³/mol. The van der Waals surface area contributed by atoms with Gasteiger partial charge in [-0.1, -0.05) is 36.7 Å². The Labute approximate surface area is 129 Å². The number of rotatable bonds is 7. The van der Waals surface area contributed by atoms with Gasteiger partial charge in [0, 0.05) is 17.1 Å². The average molecular weight is 310 g/mol. The first-order chi connectivity index (χ1) is 10.1. The van der Waals surface area contributed by atoms with Crippen LogP contribution in [0.25, 0.3) is 0 Å². The second-order valence-electron chi connectivity index (χ2n) is 5.27. The van der Waals surface area contributed by atoms with Gasteiger partial charge in [0.15, 0.2) is 12.4 Å². The second-order valence-corrected chi connectivity index (χ2v) is 5.67. The summed E-state index contributed by atoms with van der Waals surface area (Å²) in [4.78, 5) is 4.11. The molecule has 114 valence electrons. The van der Waals surface area contributed by atoms with Crippen LogP contribution in [0.15, 0.2) is 22.7 Å². The maximum Gasteiger partial charge on any atom is 0.264 e. The number of nitrogens with one attached hydrogen (secondary N) is 1. The number of aromatic nitrogens is 2. The largest absolute Gasteiger partial charge is 0.483 e. The van der Waals surface area contributed by atoms with Crippen molar-refractivity contribution in [3.05, 3.63) is 40.5 Å². The topological polar surface area (TPSA) is 60.2 Å². The highest BCUT2D eigenvalue weighted by atomic mass is 35.5. The van der Waals surface area contributed by atoms with Crippen LogP contribution in [-0.2, 0) is 13.2 Å². The summed E-state index contributed by atoms with van der Waals surface area (Å²) in [6.45, 7) is 7.92. The van der Waals surface area contributed by atoms with Crippen LogP contribution in [0.5, 0.6) is 5.75 Å². The highest BCUT2D eigenvalue weighted by Crippen LogP contribution is 2.27. The molecule has 1 aromatic carbocycles. The zero-order valence-corrected chi connectivity index (χ0v) is 13.3. The van der Waals surface area contributed by atoms with Crippen molar-refractivity contribution in [1.29, 1.82) is 0 Å². The highest BCUT2D eigenvalue weighted by Gasteiger charge is 2.10. The van der Waals surface area contributed by atoms with Gasteiger partial charge in [-0.25, -0.2) is 0 Å². The van der Waals surface area contributed by atoms with Crippen molar-refractivity contribution < 1.29 is 9.26 Å². The molecule has 21 heavy (non-hydrogen) atoms. The lowest BCUT2D eigenvalue weighted by Gasteiger charge is -2.13. The molecule has 0 saturated carbocycles. The molecule has 0 aliphatic rings. The van der Waals surface area contributed by atoms with Gasteiger partial charge in [0.1, 0.15) is 5.75 Å². The highest BCUT2D eigenvalue weighted by molar-refractivity contribution is 6.31. The van der Waals surface area contributed by atoms with Gasteiger partial charge < -0.3 is 14.6 Å². The summed E-state index contributed by atoms with van der Waals surface area (Å²) in [6, 6.07) is 5.61. The Balaban J connectivity index is 2.02. The third-order valence-electron chi connectivity index (χ3n) is 2.85. The third kappa shape index (κ3) is 4.72. The molecule has 0 fully saturated rings. The molecule has 0 amide bonds. The van der Waals surface area contributed by atoms with E-state index in [1.807, 2.05) is 18.2 Å². The molecule has 0 atom stereocenters. The first kappa shape index (κ1) is 15.8. The Morgan fingerprint density at radius 1 is 1.38 bits per heavy atom. The van der Waals surface area contributed by atoms with Crippen molar-refractivity contribution in [3.63, 3.8) is 0 Å². The molecular formula is C15H20ClN3O2. The summed E-state index contributed by atoms with van der Waals surface area (Å²) in [5.41, 5.74) is 0.941. The molecule has 0 bridgehead atoms. The number of halogens is 1. The summed E-state index contributed by atoms with van der Waals surface area (Å²) in [5.74, 6) is 2.36. The van der Waals surface area contributed by atoms with E-state index < -0.39 is 0 Å². The molecule has 1 heterocycles. The Bertz CT molecular complexity index is 584. The van der Waals surface area contributed by atoms with Crippen LogP contribution in [0.3, 0.4) is 0 Å². The number of hydrogen-bond acceptors (Lipinski definition) is 5. The predicted octanol–water partition coefficient (Wildman–Crippen LogP) is 3.36. The SMILES string of the molecule is Cc1noc(COc2cccc(Cl)c2CNCC(C)C)n1. The monoisotopic (exact) mass is 309 g/mol. The standard InChI is InChI=1S/C15H20ClN3O2/c1-10(2)7-17-8-12-13(16)5-4-6-14(12)20-9-15-18-11(3)19-21-15/h4-6,10,17H,7-9H2,1-3H3. The fourth-order valence-electron chi connectivity index (χ4n) is 1.87. The first-order valence-corrected chi connectivity index (χ1v) is 7.34. The van der Waals surface area contributed by atoms with Crippen LogP contribution in [0, 0.1) is 12.8 Å². The molecule has 0 radical (unpaired) electrons. The molecule has 1 aromatic heterocycles. The number of ether oxygens (including phenoxy) is 1. The van der Waals surface area contributed by atoms with Crippen molar-refractivity contribution >= 4 is 11.6 Å². The lowest BCUT2D eigenvalue weighted by molar-refractivity contribution is 0.240. The Kier molecular flexibility index (Phi) is 5.59. The van der Waals surface area contributed by atoms with Crippen LogP contribution < -0.4 is 10.1 Å². The molecule has 2 rings (SSSR count). The number of hydrogen-bond donors (Lipinski definition) is 1. The van der Waals surface area contributed by atoms with Gasteiger partial charge in [-0.05, 0) is 31.5 Å². The first-order valence-electron chi connectivity index (χ1n) is 6.96. The summed E-state index contributed by atoms with van der Waals surface area (Å²) in [6.07, 6.45) is 0. The van der Waals surface area contributed by atoms with Crippen molar-refractivity contribution in [1.82, 2.24) is 15.5 Å². The van der Waals surface area contributed by atoms with Gasteiger partial charge in [-0.3, -0.25) is 0 Å². The maximum absolute atomic E-state index is 6.26. The fraction of sp³-hybridized carbons (Fsp3) is 0.467. The van der Waals surface area contributed by atoms with E-state index in [0.717, 1.165) is 17.9 Å². The van der Waals surface area contributed by atoms with Crippen molar-refractivity contribution in [2.24, 2.45) is 5.92 Å². The molecule has 0 unspecified atom stereocenters. The summed E-state index contributed by atoms with van der Waals surface area (Å²) < 4.78 is 10.8. The minimum atomic E-state index is 0.234. The van der Waals surface area contributed by atoms with E-state index in [1.165, 1.54) is 0 Å².